The van der Waals surface area contributed by atoms with Crippen LogP contribution < -0.4 is 15.5 Å². The third-order valence-electron chi connectivity index (χ3n) is 4.52. The predicted molar refractivity (Wildman–Crippen MR) is 88.1 cm³/mol. The second-order valence-corrected chi connectivity index (χ2v) is 5.88. The number of carbonyl (C=O) groups is 2. The average Bonchev–Trinajstić information content (AvgIpc) is 2.79. The highest BCUT2D eigenvalue weighted by Crippen LogP contribution is 2.22. The molecule has 2 heterocycles. The van der Waals surface area contributed by atoms with Crippen molar-refractivity contribution in [2.24, 2.45) is 11.8 Å². The van der Waals surface area contributed by atoms with E-state index in [1.165, 1.54) is 0 Å². The molecule has 22 heavy (non-hydrogen) atoms. The summed E-state index contributed by atoms with van der Waals surface area (Å²) in [6.45, 7) is 4.38. The molecule has 5 nitrogen and oxygen atoms in total. The number of hydrogen-bond acceptors (Lipinski definition) is 3. The monoisotopic (exact) mass is 323 g/mol. The van der Waals surface area contributed by atoms with Gasteiger partial charge in [-0.25, -0.2) is 0 Å². The molecule has 1 aromatic rings. The normalized spacial score (nSPS) is 22.7. The van der Waals surface area contributed by atoms with Crippen molar-refractivity contribution in [3.63, 3.8) is 0 Å². The van der Waals surface area contributed by atoms with Crippen LogP contribution in [-0.4, -0.2) is 37.5 Å². The van der Waals surface area contributed by atoms with E-state index >= 15 is 0 Å². The van der Waals surface area contributed by atoms with Crippen molar-refractivity contribution < 1.29 is 9.59 Å². The first-order valence-electron chi connectivity index (χ1n) is 7.54. The van der Waals surface area contributed by atoms with Crippen molar-refractivity contribution in [1.29, 1.82) is 0 Å². The van der Waals surface area contributed by atoms with E-state index in [9.17, 15) is 9.59 Å². The Morgan fingerprint density at radius 3 is 2.59 bits per heavy atom. The van der Waals surface area contributed by atoms with Gasteiger partial charge in [-0.05, 0) is 37.6 Å². The summed E-state index contributed by atoms with van der Waals surface area (Å²) in [5.41, 5.74) is 0.899. The lowest BCUT2D eigenvalue weighted by molar-refractivity contribution is -0.130. The summed E-state index contributed by atoms with van der Waals surface area (Å²) in [6, 6.07) is 9.22. The number of nitrogens with one attached hydrogen (secondary N) is 2. The molecule has 2 saturated heterocycles. The zero-order chi connectivity index (χ0) is 14.8. The zero-order valence-corrected chi connectivity index (χ0v) is 13.4. The Bertz CT molecular complexity index is 533. The fourth-order valence-corrected chi connectivity index (χ4v) is 2.86. The summed E-state index contributed by atoms with van der Waals surface area (Å²) in [4.78, 5) is 26.4. The van der Waals surface area contributed by atoms with Gasteiger partial charge < -0.3 is 15.5 Å². The molecule has 3 rings (SSSR count). The van der Waals surface area contributed by atoms with Crippen molar-refractivity contribution in [3.8, 4) is 0 Å². The lowest BCUT2D eigenvalue weighted by Crippen LogP contribution is -2.52. The van der Waals surface area contributed by atoms with Crippen LogP contribution >= 0.6 is 12.4 Å². The summed E-state index contributed by atoms with van der Waals surface area (Å²) in [6.07, 6.45) is 0.676. The zero-order valence-electron chi connectivity index (χ0n) is 12.6. The molecule has 1 aromatic carbocycles. The number of hydrogen-bond donors (Lipinski definition) is 2. The first kappa shape index (κ1) is 16.8. The van der Waals surface area contributed by atoms with Gasteiger partial charge in [-0.3, -0.25) is 9.59 Å². The van der Waals surface area contributed by atoms with E-state index < -0.39 is 0 Å². The van der Waals surface area contributed by atoms with Crippen molar-refractivity contribution >= 4 is 29.9 Å². The minimum absolute atomic E-state index is 0. The maximum absolute atomic E-state index is 12.4. The smallest absolute Gasteiger partial charge is 0.249 e. The van der Waals surface area contributed by atoms with E-state index in [4.69, 9.17) is 0 Å². The van der Waals surface area contributed by atoms with Gasteiger partial charge >= 0.3 is 0 Å². The van der Waals surface area contributed by atoms with Gasteiger partial charge in [0.2, 0.25) is 11.8 Å². The summed E-state index contributed by atoms with van der Waals surface area (Å²) in [7, 11) is 0. The van der Waals surface area contributed by atoms with Crippen LogP contribution in [0, 0.1) is 11.8 Å². The van der Waals surface area contributed by atoms with Gasteiger partial charge in [-0.2, -0.15) is 0 Å². The minimum Gasteiger partial charge on any atom is -0.344 e. The molecule has 0 bridgehead atoms. The van der Waals surface area contributed by atoms with Crippen molar-refractivity contribution in [2.75, 3.05) is 24.5 Å². The minimum atomic E-state index is -0.381. The third-order valence-corrected chi connectivity index (χ3v) is 4.52. The lowest BCUT2D eigenvalue weighted by atomic mass is 9.88. The van der Waals surface area contributed by atoms with E-state index in [1.54, 1.807) is 4.90 Å². The fraction of sp³-hybridized carbons (Fsp3) is 0.500. The Balaban J connectivity index is 0.00000176. The second kappa shape index (κ2) is 7.11. The van der Waals surface area contributed by atoms with Crippen molar-refractivity contribution in [3.05, 3.63) is 30.3 Å². The van der Waals surface area contributed by atoms with Crippen LogP contribution in [0.5, 0.6) is 0 Å². The lowest BCUT2D eigenvalue weighted by Gasteiger charge is -2.32. The molecule has 0 spiro atoms. The molecule has 2 aliphatic heterocycles. The molecule has 2 N–H and O–H groups in total. The Morgan fingerprint density at radius 2 is 2.00 bits per heavy atom. The number of para-hydroxylation sites is 1. The van der Waals surface area contributed by atoms with Gasteiger partial charge in [0.1, 0.15) is 6.04 Å². The van der Waals surface area contributed by atoms with Crippen LogP contribution in [-0.2, 0) is 9.59 Å². The largest absolute Gasteiger partial charge is 0.344 e. The van der Waals surface area contributed by atoms with Crippen LogP contribution in [0.15, 0.2) is 30.3 Å². The number of carbonyl (C=O) groups excluding carboxylic acids is 2. The van der Waals surface area contributed by atoms with Crippen molar-refractivity contribution in [1.82, 2.24) is 10.6 Å². The Hall–Kier alpha value is -1.59. The van der Waals surface area contributed by atoms with E-state index in [-0.39, 0.29) is 36.2 Å². The second-order valence-electron chi connectivity index (χ2n) is 5.88. The highest BCUT2D eigenvalue weighted by atomic mass is 35.5. The first-order valence-corrected chi connectivity index (χ1v) is 7.54. The summed E-state index contributed by atoms with van der Waals surface area (Å²) in [5.74, 6) is 0.347. The molecule has 2 amide bonds. The number of halogens is 1. The van der Waals surface area contributed by atoms with Gasteiger partial charge in [0.15, 0.2) is 0 Å². The number of rotatable bonds is 4. The Kier molecular flexibility index (Phi) is 5.42. The number of nitrogens with zero attached hydrogens (tertiary/aromatic N) is 1. The van der Waals surface area contributed by atoms with Crippen LogP contribution in [0.3, 0.4) is 0 Å². The average molecular weight is 324 g/mol. The highest BCUT2D eigenvalue weighted by Gasteiger charge is 2.36. The topological polar surface area (TPSA) is 61.4 Å². The number of benzene rings is 1. The van der Waals surface area contributed by atoms with Crippen molar-refractivity contribution in [2.45, 2.75) is 19.4 Å². The summed E-state index contributed by atoms with van der Waals surface area (Å²) >= 11 is 0. The number of anilines is 1. The Labute approximate surface area is 136 Å². The van der Waals surface area contributed by atoms with Gasteiger partial charge in [-0.1, -0.05) is 25.1 Å². The molecule has 0 aromatic heterocycles. The van der Waals surface area contributed by atoms with Gasteiger partial charge in [0.05, 0.1) is 0 Å². The number of amides is 2. The van der Waals surface area contributed by atoms with E-state index in [2.05, 4.69) is 10.6 Å². The van der Waals surface area contributed by atoms with Gasteiger partial charge in [0, 0.05) is 18.2 Å². The molecule has 120 valence electrons. The maximum Gasteiger partial charge on any atom is 0.249 e. The van der Waals surface area contributed by atoms with E-state index in [0.29, 0.717) is 18.9 Å². The molecule has 0 aliphatic carbocycles. The van der Waals surface area contributed by atoms with Crippen LogP contribution in [0.1, 0.15) is 13.3 Å². The Morgan fingerprint density at radius 1 is 1.32 bits per heavy atom. The molecule has 0 saturated carbocycles. The molecular weight excluding hydrogens is 302 g/mol. The molecule has 2 fully saturated rings. The molecule has 2 atom stereocenters. The fourth-order valence-electron chi connectivity index (χ4n) is 2.86. The highest BCUT2D eigenvalue weighted by molar-refractivity contribution is 6.01. The molecule has 0 radical (unpaired) electrons. The molecule has 6 heteroatoms. The first-order chi connectivity index (χ1) is 10.2. The molecule has 2 aliphatic rings. The van der Waals surface area contributed by atoms with E-state index in [0.717, 1.165) is 18.8 Å². The maximum atomic E-state index is 12.4. The SMILES string of the molecule is CC(C(=O)NC1CCN(c2ccccc2)C1=O)C1CNC1.Cl. The van der Waals surface area contributed by atoms with E-state index in [1.807, 2.05) is 37.3 Å². The van der Waals surface area contributed by atoms with Crippen LogP contribution in [0.25, 0.3) is 0 Å². The van der Waals surface area contributed by atoms with Gasteiger partial charge in [0.25, 0.3) is 0 Å². The summed E-state index contributed by atoms with van der Waals surface area (Å²) < 4.78 is 0. The molecular formula is C16H22ClN3O2. The summed E-state index contributed by atoms with van der Waals surface area (Å²) in [5, 5.41) is 6.09. The third kappa shape index (κ3) is 3.25. The van der Waals surface area contributed by atoms with Crippen LogP contribution in [0.4, 0.5) is 5.69 Å². The predicted octanol–water partition coefficient (Wildman–Crippen LogP) is 1.19. The van der Waals surface area contributed by atoms with Gasteiger partial charge in [-0.15, -0.1) is 12.4 Å². The molecule has 2 unspecified atom stereocenters. The standard InChI is InChI=1S/C16H21N3O2.ClH/c1-11(12-9-17-10-12)15(20)18-14-7-8-19(16(14)21)13-5-3-2-4-6-13;/h2-6,11-12,14,17H,7-10H2,1H3,(H,18,20);1H. The quantitative estimate of drug-likeness (QED) is 0.875. The van der Waals surface area contributed by atoms with Crippen LogP contribution in [0.2, 0.25) is 0 Å².